The number of ether oxygens (including phenoxy) is 1. The molecule has 10 heteroatoms. The van der Waals surface area contributed by atoms with Gasteiger partial charge in [-0.3, -0.25) is 15.0 Å². The molecule has 41 heavy (non-hydrogen) atoms. The number of benzene rings is 2. The molecule has 2 saturated heterocycles. The number of piperidine rings is 2. The van der Waals surface area contributed by atoms with E-state index in [9.17, 15) is 19.5 Å². The molecule has 0 bridgehead atoms. The normalized spacial score (nSPS) is 21.3. The standard InChI is InChI=1S/C31H39N5O5/c1-41-23-11-15-34(16-12-23)26-6-2-5-25-24(26)13-17-36(29(38)22-4-3-14-35(19-22)31(32)33)28(25)27(37)18-20-7-9-21(10-8-20)30(39)40/h2,5-10,22-23,28H,3-4,11-19H2,1H3,(H3,32,33)(H,39,40). The van der Waals surface area contributed by atoms with E-state index < -0.39 is 12.0 Å². The highest BCUT2D eigenvalue weighted by molar-refractivity contribution is 5.94. The Kier molecular flexibility index (Phi) is 8.58. The molecule has 3 aliphatic rings. The Hall–Kier alpha value is -3.92. The number of carbonyl (C=O) groups excluding carboxylic acids is 2. The molecule has 2 aromatic rings. The van der Waals surface area contributed by atoms with Crippen LogP contribution in [0.25, 0.3) is 0 Å². The molecule has 0 aromatic heterocycles. The number of ketones is 1. The van der Waals surface area contributed by atoms with Crippen LogP contribution in [0.15, 0.2) is 42.5 Å². The molecular formula is C31H39N5O5. The van der Waals surface area contributed by atoms with Crippen molar-refractivity contribution >= 4 is 29.3 Å². The van der Waals surface area contributed by atoms with E-state index in [4.69, 9.17) is 15.9 Å². The number of likely N-dealkylation sites (tertiary alicyclic amines) is 1. The number of nitrogens with zero attached hydrogens (tertiary/aromatic N) is 3. The summed E-state index contributed by atoms with van der Waals surface area (Å²) in [6.45, 7) is 3.20. The molecule has 10 nitrogen and oxygen atoms in total. The molecule has 0 radical (unpaired) electrons. The molecule has 2 aromatic carbocycles. The predicted octanol–water partition coefficient (Wildman–Crippen LogP) is 2.84. The molecule has 2 unspecified atom stereocenters. The van der Waals surface area contributed by atoms with Crippen molar-refractivity contribution in [3.05, 3.63) is 64.7 Å². The van der Waals surface area contributed by atoms with Crippen molar-refractivity contribution < 1.29 is 24.2 Å². The van der Waals surface area contributed by atoms with E-state index in [-0.39, 0.29) is 41.7 Å². The Bertz CT molecular complexity index is 1300. The monoisotopic (exact) mass is 561 g/mol. The van der Waals surface area contributed by atoms with Crippen LogP contribution in [-0.2, 0) is 27.2 Å². The molecule has 3 heterocycles. The lowest BCUT2D eigenvalue weighted by Crippen LogP contribution is -2.52. The van der Waals surface area contributed by atoms with Crippen LogP contribution in [0.2, 0.25) is 0 Å². The molecule has 5 rings (SSSR count). The van der Waals surface area contributed by atoms with Gasteiger partial charge in [-0.15, -0.1) is 0 Å². The largest absolute Gasteiger partial charge is 0.478 e. The Balaban J connectivity index is 1.46. The van der Waals surface area contributed by atoms with E-state index >= 15 is 0 Å². The number of anilines is 1. The highest BCUT2D eigenvalue weighted by Crippen LogP contribution is 2.39. The molecule has 4 N–H and O–H groups in total. The molecular weight excluding hydrogens is 522 g/mol. The second kappa shape index (κ2) is 12.3. The van der Waals surface area contributed by atoms with Gasteiger partial charge in [-0.25, -0.2) is 4.79 Å². The fourth-order valence-electron chi connectivity index (χ4n) is 6.56. The minimum absolute atomic E-state index is 0.0363. The van der Waals surface area contributed by atoms with E-state index in [0.29, 0.717) is 38.0 Å². The zero-order chi connectivity index (χ0) is 29.1. The predicted molar refractivity (Wildman–Crippen MR) is 155 cm³/mol. The number of nitrogens with one attached hydrogen (secondary N) is 1. The number of rotatable bonds is 7. The maximum absolute atomic E-state index is 14.1. The summed E-state index contributed by atoms with van der Waals surface area (Å²) in [4.78, 5) is 45.2. The summed E-state index contributed by atoms with van der Waals surface area (Å²) >= 11 is 0. The summed E-state index contributed by atoms with van der Waals surface area (Å²) in [7, 11) is 1.75. The van der Waals surface area contributed by atoms with Crippen LogP contribution in [0.1, 0.15) is 58.8 Å². The van der Waals surface area contributed by atoms with Gasteiger partial charge in [0, 0.05) is 51.9 Å². The molecule has 0 spiro atoms. The molecule has 2 atom stereocenters. The van der Waals surface area contributed by atoms with Crippen LogP contribution < -0.4 is 10.6 Å². The smallest absolute Gasteiger partial charge is 0.335 e. The van der Waals surface area contributed by atoms with Crippen molar-refractivity contribution in [2.24, 2.45) is 11.7 Å². The summed E-state index contributed by atoms with van der Waals surface area (Å²) in [6, 6.07) is 11.7. The van der Waals surface area contributed by atoms with Crippen LogP contribution in [0.4, 0.5) is 5.69 Å². The van der Waals surface area contributed by atoms with Gasteiger partial charge >= 0.3 is 5.97 Å². The SMILES string of the molecule is COC1CCN(c2cccc3c2CCN(C(=O)C2CCCN(C(=N)N)C2)C3C(=O)Cc2ccc(C(=O)O)cc2)CC1. The Morgan fingerprint density at radius 2 is 1.76 bits per heavy atom. The van der Waals surface area contributed by atoms with Gasteiger partial charge in [-0.2, -0.15) is 0 Å². The highest BCUT2D eigenvalue weighted by atomic mass is 16.5. The van der Waals surface area contributed by atoms with E-state index in [1.807, 2.05) is 12.1 Å². The molecule has 218 valence electrons. The van der Waals surface area contributed by atoms with E-state index in [1.54, 1.807) is 29.0 Å². The van der Waals surface area contributed by atoms with Crippen molar-refractivity contribution in [3.8, 4) is 0 Å². The van der Waals surface area contributed by atoms with Crippen LogP contribution in [-0.4, -0.2) is 84.5 Å². The first-order chi connectivity index (χ1) is 19.8. The zero-order valence-corrected chi connectivity index (χ0v) is 23.6. The van der Waals surface area contributed by atoms with Gasteiger partial charge in [0.05, 0.1) is 17.6 Å². The lowest BCUT2D eigenvalue weighted by atomic mass is 9.85. The summed E-state index contributed by atoms with van der Waals surface area (Å²) < 4.78 is 5.56. The number of guanidine groups is 1. The summed E-state index contributed by atoms with van der Waals surface area (Å²) in [5.41, 5.74) is 9.71. The number of Topliss-reactive ketones (excluding diaryl/α,β-unsaturated/α-hetero) is 1. The van der Waals surface area contributed by atoms with Gasteiger partial charge < -0.3 is 30.3 Å². The first-order valence-corrected chi connectivity index (χ1v) is 14.4. The molecule has 0 aliphatic carbocycles. The van der Waals surface area contributed by atoms with E-state index in [2.05, 4.69) is 11.0 Å². The van der Waals surface area contributed by atoms with E-state index in [0.717, 1.165) is 49.2 Å². The van der Waals surface area contributed by atoms with E-state index in [1.165, 1.54) is 12.1 Å². The van der Waals surface area contributed by atoms with Crippen molar-refractivity contribution in [2.45, 2.75) is 50.7 Å². The van der Waals surface area contributed by atoms with Crippen LogP contribution in [0.3, 0.4) is 0 Å². The summed E-state index contributed by atoms with van der Waals surface area (Å²) in [5, 5.41) is 17.1. The summed E-state index contributed by atoms with van der Waals surface area (Å²) in [6.07, 6.45) is 4.32. The topological polar surface area (TPSA) is 140 Å². The van der Waals surface area contributed by atoms with Crippen LogP contribution in [0.5, 0.6) is 0 Å². The lowest BCUT2D eigenvalue weighted by Gasteiger charge is -2.42. The second-order valence-corrected chi connectivity index (χ2v) is 11.3. The number of nitrogens with two attached hydrogens (primary N) is 1. The third-order valence-corrected chi connectivity index (χ3v) is 8.79. The van der Waals surface area contributed by atoms with Gasteiger partial charge in [0.15, 0.2) is 11.7 Å². The molecule has 0 saturated carbocycles. The second-order valence-electron chi connectivity index (χ2n) is 11.3. The summed E-state index contributed by atoms with van der Waals surface area (Å²) in [5.74, 6) is -1.57. The lowest BCUT2D eigenvalue weighted by molar-refractivity contribution is -0.144. The quantitative estimate of drug-likeness (QED) is 0.346. The van der Waals surface area contributed by atoms with Gasteiger partial charge in [-0.1, -0.05) is 24.3 Å². The van der Waals surface area contributed by atoms with Gasteiger partial charge in [0.2, 0.25) is 5.91 Å². The Labute approximate surface area is 240 Å². The number of methoxy groups -OCH3 is 1. The zero-order valence-electron chi connectivity index (χ0n) is 23.6. The molecule has 3 aliphatic heterocycles. The van der Waals surface area contributed by atoms with Crippen molar-refractivity contribution in [2.75, 3.05) is 44.7 Å². The number of amides is 1. The maximum Gasteiger partial charge on any atom is 0.335 e. The first-order valence-electron chi connectivity index (χ1n) is 14.4. The number of carbonyl (C=O) groups is 3. The first kappa shape index (κ1) is 28.6. The third kappa shape index (κ3) is 6.07. The van der Waals surface area contributed by atoms with Gasteiger partial charge in [0.1, 0.15) is 6.04 Å². The van der Waals surface area contributed by atoms with Crippen molar-refractivity contribution in [1.29, 1.82) is 5.41 Å². The Morgan fingerprint density at radius 1 is 1.02 bits per heavy atom. The number of hydrogen-bond acceptors (Lipinski definition) is 6. The van der Waals surface area contributed by atoms with Crippen LogP contribution >= 0.6 is 0 Å². The third-order valence-electron chi connectivity index (χ3n) is 8.79. The fourth-order valence-corrected chi connectivity index (χ4v) is 6.56. The fraction of sp³-hybridized carbons (Fsp3) is 0.484. The number of hydrogen-bond donors (Lipinski definition) is 3. The maximum atomic E-state index is 14.1. The average molecular weight is 562 g/mol. The van der Waals surface area contributed by atoms with Crippen LogP contribution in [0, 0.1) is 11.3 Å². The molecule has 1 amide bonds. The van der Waals surface area contributed by atoms with Crippen molar-refractivity contribution in [1.82, 2.24) is 9.80 Å². The van der Waals surface area contributed by atoms with Gasteiger partial charge in [0.25, 0.3) is 0 Å². The highest BCUT2D eigenvalue weighted by Gasteiger charge is 2.40. The minimum Gasteiger partial charge on any atom is -0.478 e. The Morgan fingerprint density at radius 3 is 2.41 bits per heavy atom. The number of carboxylic acid groups (broad SMARTS) is 1. The van der Waals surface area contributed by atoms with Crippen molar-refractivity contribution in [3.63, 3.8) is 0 Å². The number of fused-ring (bicyclic) bond motifs is 1. The minimum atomic E-state index is -1.02. The van der Waals surface area contributed by atoms with Gasteiger partial charge in [-0.05, 0) is 67.0 Å². The molecule has 2 fully saturated rings. The average Bonchev–Trinajstić information content (AvgIpc) is 3.00. The number of aromatic carboxylic acids is 1. The number of carboxylic acids is 1.